The summed E-state index contributed by atoms with van der Waals surface area (Å²) in [6.45, 7) is 4.27. The van der Waals surface area contributed by atoms with Gasteiger partial charge in [0, 0.05) is 41.3 Å². The van der Waals surface area contributed by atoms with E-state index in [-0.39, 0.29) is 5.78 Å². The number of hydrogen-bond donors (Lipinski definition) is 2. The molecule has 0 amide bonds. The second-order valence-electron chi connectivity index (χ2n) is 5.97. The number of carbonyl (C=O) groups is 1. The number of allylic oxidation sites excluding steroid dienone is 1. The molecule has 0 fully saturated rings. The smallest absolute Gasteiger partial charge is 0.213 e. The molecule has 6 nitrogen and oxygen atoms in total. The molecule has 1 aliphatic rings. The number of halogens is 1. The molecule has 0 aliphatic carbocycles. The van der Waals surface area contributed by atoms with Crippen LogP contribution in [0.25, 0.3) is 5.70 Å². The number of aromatic nitrogens is 1. The van der Waals surface area contributed by atoms with Crippen molar-refractivity contribution >= 4 is 28.8 Å². The van der Waals surface area contributed by atoms with Gasteiger partial charge in [-0.05, 0) is 38.1 Å². The van der Waals surface area contributed by atoms with Gasteiger partial charge in [-0.1, -0.05) is 17.7 Å². The molecule has 0 spiro atoms. The van der Waals surface area contributed by atoms with Gasteiger partial charge in [0.1, 0.15) is 0 Å². The summed E-state index contributed by atoms with van der Waals surface area (Å²) in [5, 5.41) is 5.84. The normalized spacial score (nSPS) is 13.8. The number of methoxy groups -OCH3 is 1. The molecular weight excluding hydrogens is 364 g/mol. The summed E-state index contributed by atoms with van der Waals surface area (Å²) in [6, 6.07) is 11.0. The SMILES string of the molecule is CCN1C=C(Nc2cccc(Cl)c2)C(C(C)=O)=C(c2ccnc(OC)c2)N1. The highest BCUT2D eigenvalue weighted by Crippen LogP contribution is 2.29. The first kappa shape index (κ1) is 18.8. The van der Waals surface area contributed by atoms with Crippen molar-refractivity contribution in [2.45, 2.75) is 13.8 Å². The maximum absolute atomic E-state index is 12.5. The second kappa shape index (κ2) is 8.14. The molecule has 1 aromatic carbocycles. The predicted octanol–water partition coefficient (Wildman–Crippen LogP) is 3.84. The number of ether oxygens (including phenoxy) is 1. The highest BCUT2D eigenvalue weighted by molar-refractivity contribution is 6.30. The molecule has 27 heavy (non-hydrogen) atoms. The van der Waals surface area contributed by atoms with Gasteiger partial charge in [-0.25, -0.2) is 4.98 Å². The predicted molar refractivity (Wildman–Crippen MR) is 107 cm³/mol. The van der Waals surface area contributed by atoms with Crippen molar-refractivity contribution in [1.82, 2.24) is 15.4 Å². The standard InChI is InChI=1S/C20H21ClN4O2/c1-4-25-12-17(23-16-7-5-6-15(21)11-16)19(13(2)26)20(24-25)14-8-9-22-18(10-14)27-3/h5-12,23-24H,4H2,1-3H3. The summed E-state index contributed by atoms with van der Waals surface area (Å²) >= 11 is 6.09. The van der Waals surface area contributed by atoms with Crippen LogP contribution >= 0.6 is 11.6 Å². The summed E-state index contributed by atoms with van der Waals surface area (Å²) in [4.78, 5) is 16.7. The van der Waals surface area contributed by atoms with Crippen molar-refractivity contribution in [2.24, 2.45) is 0 Å². The molecular formula is C20H21ClN4O2. The van der Waals surface area contributed by atoms with E-state index in [9.17, 15) is 4.79 Å². The number of ketones is 1. The van der Waals surface area contributed by atoms with Crippen molar-refractivity contribution in [3.8, 4) is 5.88 Å². The Labute approximate surface area is 163 Å². The number of pyridine rings is 1. The maximum Gasteiger partial charge on any atom is 0.213 e. The molecule has 3 rings (SSSR count). The number of benzene rings is 1. The monoisotopic (exact) mass is 384 g/mol. The minimum atomic E-state index is -0.0650. The van der Waals surface area contributed by atoms with Gasteiger partial charge in [-0.15, -0.1) is 0 Å². The van der Waals surface area contributed by atoms with Gasteiger partial charge in [0.15, 0.2) is 5.78 Å². The fraction of sp³-hybridized carbons (Fsp3) is 0.200. The fourth-order valence-electron chi connectivity index (χ4n) is 2.82. The van der Waals surface area contributed by atoms with Crippen LogP contribution in [0.15, 0.2) is 60.1 Å². The number of anilines is 1. The van der Waals surface area contributed by atoms with Crippen LogP contribution in [0.5, 0.6) is 5.88 Å². The number of nitrogens with one attached hydrogen (secondary N) is 2. The van der Waals surface area contributed by atoms with Crippen molar-refractivity contribution < 1.29 is 9.53 Å². The molecule has 0 bridgehead atoms. The minimum Gasteiger partial charge on any atom is -0.481 e. The van der Waals surface area contributed by atoms with Gasteiger partial charge < -0.3 is 10.1 Å². The van der Waals surface area contributed by atoms with Crippen molar-refractivity contribution in [2.75, 3.05) is 19.0 Å². The lowest BCUT2D eigenvalue weighted by Gasteiger charge is -2.31. The number of rotatable bonds is 6. The van der Waals surface area contributed by atoms with Crippen LogP contribution in [-0.4, -0.2) is 29.4 Å². The first-order valence-corrected chi connectivity index (χ1v) is 8.93. The van der Waals surface area contributed by atoms with Gasteiger partial charge >= 0.3 is 0 Å². The Kier molecular flexibility index (Phi) is 5.66. The van der Waals surface area contributed by atoms with Crippen molar-refractivity contribution in [1.29, 1.82) is 0 Å². The molecule has 2 N–H and O–H groups in total. The molecule has 1 aromatic heterocycles. The Bertz CT molecular complexity index is 924. The van der Waals surface area contributed by atoms with E-state index >= 15 is 0 Å². The van der Waals surface area contributed by atoms with E-state index in [0.717, 1.165) is 11.3 Å². The van der Waals surface area contributed by atoms with Crippen LogP contribution in [0.2, 0.25) is 5.02 Å². The Morgan fingerprint density at radius 2 is 2.15 bits per heavy atom. The molecule has 1 aliphatic heterocycles. The summed E-state index contributed by atoms with van der Waals surface area (Å²) in [6.07, 6.45) is 3.53. The molecule has 2 aromatic rings. The number of nitrogens with zero attached hydrogens (tertiary/aromatic N) is 2. The van der Waals surface area contributed by atoms with E-state index < -0.39 is 0 Å². The quantitative estimate of drug-likeness (QED) is 0.788. The highest BCUT2D eigenvalue weighted by atomic mass is 35.5. The summed E-state index contributed by atoms with van der Waals surface area (Å²) in [5.41, 5.74) is 6.84. The van der Waals surface area contributed by atoms with E-state index in [1.807, 2.05) is 42.4 Å². The third-order valence-corrected chi connectivity index (χ3v) is 4.32. The van der Waals surface area contributed by atoms with Gasteiger partial charge in [-0.2, -0.15) is 0 Å². The lowest BCUT2D eigenvalue weighted by Crippen LogP contribution is -2.38. The van der Waals surface area contributed by atoms with Crippen LogP contribution in [0, 0.1) is 0 Å². The summed E-state index contributed by atoms with van der Waals surface area (Å²) in [7, 11) is 1.56. The molecule has 140 valence electrons. The third kappa shape index (κ3) is 4.23. The van der Waals surface area contributed by atoms with E-state index in [2.05, 4.69) is 15.7 Å². The molecule has 0 unspecified atom stereocenters. The van der Waals surface area contributed by atoms with Gasteiger partial charge in [0.05, 0.1) is 24.1 Å². The van der Waals surface area contributed by atoms with Gasteiger partial charge in [0.2, 0.25) is 5.88 Å². The van der Waals surface area contributed by atoms with E-state index in [1.54, 1.807) is 32.4 Å². The molecule has 2 heterocycles. The molecule has 0 saturated carbocycles. The maximum atomic E-state index is 12.5. The van der Waals surface area contributed by atoms with Crippen LogP contribution in [0.4, 0.5) is 5.69 Å². The second-order valence-corrected chi connectivity index (χ2v) is 6.41. The Morgan fingerprint density at radius 3 is 2.81 bits per heavy atom. The van der Waals surface area contributed by atoms with Crippen molar-refractivity contribution in [3.63, 3.8) is 0 Å². The Morgan fingerprint density at radius 1 is 1.33 bits per heavy atom. The number of carbonyl (C=O) groups excluding carboxylic acids is 1. The Hall–Kier alpha value is -2.99. The van der Waals surface area contributed by atoms with E-state index in [1.165, 1.54) is 0 Å². The average Bonchev–Trinajstić information content (AvgIpc) is 2.67. The zero-order valence-electron chi connectivity index (χ0n) is 15.4. The van der Waals surface area contributed by atoms with Crippen LogP contribution in [0.3, 0.4) is 0 Å². The first-order chi connectivity index (χ1) is 13.0. The molecule has 0 saturated heterocycles. The van der Waals surface area contributed by atoms with Crippen LogP contribution < -0.4 is 15.5 Å². The largest absolute Gasteiger partial charge is 0.481 e. The van der Waals surface area contributed by atoms with E-state index in [0.29, 0.717) is 34.4 Å². The number of hydrazine groups is 1. The summed E-state index contributed by atoms with van der Waals surface area (Å²) in [5.74, 6) is 0.413. The number of Topliss-reactive ketones (excluding diaryl/α,β-unsaturated/α-hetero) is 1. The lowest BCUT2D eigenvalue weighted by atomic mass is 10.00. The van der Waals surface area contributed by atoms with E-state index in [4.69, 9.17) is 16.3 Å². The third-order valence-electron chi connectivity index (χ3n) is 4.09. The minimum absolute atomic E-state index is 0.0650. The first-order valence-electron chi connectivity index (χ1n) is 8.55. The highest BCUT2D eigenvalue weighted by Gasteiger charge is 2.24. The zero-order chi connectivity index (χ0) is 19.4. The molecule has 7 heteroatoms. The van der Waals surface area contributed by atoms with Gasteiger partial charge in [-0.3, -0.25) is 15.2 Å². The average molecular weight is 385 g/mol. The molecule has 0 atom stereocenters. The topological polar surface area (TPSA) is 66.5 Å². The lowest BCUT2D eigenvalue weighted by molar-refractivity contribution is -0.113. The molecule has 0 radical (unpaired) electrons. The van der Waals surface area contributed by atoms with Crippen LogP contribution in [-0.2, 0) is 4.79 Å². The van der Waals surface area contributed by atoms with Crippen molar-refractivity contribution in [3.05, 3.63) is 70.7 Å². The van der Waals surface area contributed by atoms with Gasteiger partial charge in [0.25, 0.3) is 0 Å². The summed E-state index contributed by atoms with van der Waals surface area (Å²) < 4.78 is 5.23. The fourth-order valence-corrected chi connectivity index (χ4v) is 3.02. The number of hydrogen-bond acceptors (Lipinski definition) is 6. The zero-order valence-corrected chi connectivity index (χ0v) is 16.2. The Balaban J connectivity index is 2.09. The van der Waals surface area contributed by atoms with Crippen LogP contribution in [0.1, 0.15) is 19.4 Å².